The molecule has 0 saturated carbocycles. The van der Waals surface area contributed by atoms with Gasteiger partial charge in [-0.3, -0.25) is 9.13 Å². The Kier molecular flexibility index (Phi) is 5.96. The molecule has 6 nitrogen and oxygen atoms in total. The van der Waals surface area contributed by atoms with Gasteiger partial charge in [-0.2, -0.15) is 0 Å². The summed E-state index contributed by atoms with van der Waals surface area (Å²) in [5.41, 5.74) is 1.35. The lowest BCUT2D eigenvalue weighted by atomic mass is 10.3. The SMILES string of the molecule is CCCOc1ccccc1OC(=O)Cn1c(=O)n(CCC)c2ccccc21. The Labute approximate surface area is 157 Å². The van der Waals surface area contributed by atoms with E-state index in [-0.39, 0.29) is 12.2 Å². The van der Waals surface area contributed by atoms with Crippen LogP contribution < -0.4 is 15.2 Å². The molecule has 0 radical (unpaired) electrons. The fourth-order valence-corrected chi connectivity index (χ4v) is 3.01. The van der Waals surface area contributed by atoms with Gasteiger partial charge in [0.2, 0.25) is 0 Å². The van der Waals surface area contributed by atoms with Gasteiger partial charge in [-0.1, -0.05) is 38.1 Å². The number of hydrogen-bond acceptors (Lipinski definition) is 4. The van der Waals surface area contributed by atoms with Gasteiger partial charge in [-0.15, -0.1) is 0 Å². The predicted octanol–water partition coefficient (Wildman–Crippen LogP) is 3.61. The Hall–Kier alpha value is -3.02. The molecule has 0 saturated heterocycles. The molecule has 0 fully saturated rings. The molecule has 0 spiro atoms. The Balaban J connectivity index is 1.85. The molecule has 6 heteroatoms. The number of aromatic nitrogens is 2. The van der Waals surface area contributed by atoms with Crippen LogP contribution >= 0.6 is 0 Å². The van der Waals surface area contributed by atoms with Crippen LogP contribution in [-0.4, -0.2) is 21.7 Å². The van der Waals surface area contributed by atoms with Gasteiger partial charge in [-0.25, -0.2) is 9.59 Å². The molecule has 2 aromatic carbocycles. The zero-order chi connectivity index (χ0) is 19.2. The second-order valence-corrected chi connectivity index (χ2v) is 6.28. The summed E-state index contributed by atoms with van der Waals surface area (Å²) in [6.07, 6.45) is 1.69. The molecule has 3 aromatic rings. The Morgan fingerprint density at radius 3 is 2.19 bits per heavy atom. The summed E-state index contributed by atoms with van der Waals surface area (Å²) in [6, 6.07) is 14.5. The highest BCUT2D eigenvalue weighted by Gasteiger charge is 2.17. The zero-order valence-electron chi connectivity index (χ0n) is 15.7. The van der Waals surface area contributed by atoms with Gasteiger partial charge >= 0.3 is 11.7 Å². The van der Waals surface area contributed by atoms with Gasteiger partial charge in [0.05, 0.1) is 17.6 Å². The van der Waals surface area contributed by atoms with Gasteiger partial charge in [-0.05, 0) is 37.1 Å². The standard InChI is InChI=1S/C21H24N2O4/c1-3-13-22-16-9-5-6-10-17(16)23(21(22)25)15-20(24)27-19-12-8-7-11-18(19)26-14-4-2/h5-12H,3-4,13-15H2,1-2H3. The minimum atomic E-state index is -0.510. The minimum absolute atomic E-state index is 0.155. The first-order valence-electron chi connectivity index (χ1n) is 9.26. The van der Waals surface area contributed by atoms with Crippen LogP contribution in [0, 0.1) is 0 Å². The normalized spacial score (nSPS) is 10.9. The molecule has 27 heavy (non-hydrogen) atoms. The van der Waals surface area contributed by atoms with Gasteiger partial charge < -0.3 is 9.47 Å². The van der Waals surface area contributed by atoms with Crippen LogP contribution in [0.5, 0.6) is 11.5 Å². The molecule has 1 aromatic heterocycles. The zero-order valence-corrected chi connectivity index (χ0v) is 15.7. The molecule has 1 heterocycles. The van der Waals surface area contributed by atoms with Crippen molar-refractivity contribution in [1.82, 2.24) is 9.13 Å². The molecule has 0 atom stereocenters. The lowest BCUT2D eigenvalue weighted by Gasteiger charge is -2.11. The molecule has 0 unspecified atom stereocenters. The summed E-state index contributed by atoms with van der Waals surface area (Å²) < 4.78 is 14.3. The Morgan fingerprint density at radius 2 is 1.52 bits per heavy atom. The van der Waals surface area contributed by atoms with E-state index in [9.17, 15) is 9.59 Å². The second-order valence-electron chi connectivity index (χ2n) is 6.28. The summed E-state index contributed by atoms with van der Waals surface area (Å²) in [5, 5.41) is 0. The average Bonchev–Trinajstić information content (AvgIpc) is 2.93. The van der Waals surface area contributed by atoms with Gasteiger partial charge in [0, 0.05) is 6.54 Å². The third-order valence-electron chi connectivity index (χ3n) is 4.19. The third-order valence-corrected chi connectivity index (χ3v) is 4.19. The number of hydrogen-bond donors (Lipinski definition) is 0. The summed E-state index contributed by atoms with van der Waals surface area (Å²) >= 11 is 0. The van der Waals surface area contributed by atoms with E-state index in [0.717, 1.165) is 23.9 Å². The van der Waals surface area contributed by atoms with Crippen LogP contribution in [-0.2, 0) is 17.9 Å². The van der Waals surface area contributed by atoms with E-state index in [1.165, 1.54) is 4.57 Å². The number of benzene rings is 2. The molecule has 0 N–H and O–H groups in total. The highest BCUT2D eigenvalue weighted by Crippen LogP contribution is 2.27. The van der Waals surface area contributed by atoms with Crippen molar-refractivity contribution in [3.05, 3.63) is 59.0 Å². The van der Waals surface area contributed by atoms with E-state index >= 15 is 0 Å². The first-order chi connectivity index (χ1) is 13.2. The lowest BCUT2D eigenvalue weighted by molar-refractivity contribution is -0.135. The van der Waals surface area contributed by atoms with Crippen molar-refractivity contribution in [2.45, 2.75) is 39.8 Å². The highest BCUT2D eigenvalue weighted by molar-refractivity contribution is 5.79. The van der Waals surface area contributed by atoms with Crippen LogP contribution in [0.4, 0.5) is 0 Å². The van der Waals surface area contributed by atoms with Gasteiger partial charge in [0.25, 0.3) is 0 Å². The Morgan fingerprint density at radius 1 is 0.889 bits per heavy atom. The molecule has 142 valence electrons. The number of carbonyl (C=O) groups excluding carboxylic acids is 1. The molecule has 0 amide bonds. The maximum absolute atomic E-state index is 12.8. The summed E-state index contributed by atoms with van der Waals surface area (Å²) in [4.78, 5) is 25.3. The van der Waals surface area contributed by atoms with E-state index in [1.54, 1.807) is 22.8 Å². The van der Waals surface area contributed by atoms with Crippen molar-refractivity contribution in [2.75, 3.05) is 6.61 Å². The number of esters is 1. The predicted molar refractivity (Wildman–Crippen MR) is 104 cm³/mol. The third kappa shape index (κ3) is 4.05. The van der Waals surface area contributed by atoms with Crippen LogP contribution in [0.2, 0.25) is 0 Å². The number of imidazole rings is 1. The number of aryl methyl sites for hydroxylation is 1. The molecular formula is C21H24N2O4. The van der Waals surface area contributed by atoms with Crippen molar-refractivity contribution in [2.24, 2.45) is 0 Å². The highest BCUT2D eigenvalue weighted by atomic mass is 16.6. The molecular weight excluding hydrogens is 344 g/mol. The smallest absolute Gasteiger partial charge is 0.331 e. The topological polar surface area (TPSA) is 62.5 Å². The van der Waals surface area contributed by atoms with Crippen LogP contribution in [0.1, 0.15) is 26.7 Å². The fourth-order valence-electron chi connectivity index (χ4n) is 3.01. The second kappa shape index (κ2) is 8.58. The van der Waals surface area contributed by atoms with E-state index in [2.05, 4.69) is 0 Å². The minimum Gasteiger partial charge on any atom is -0.490 e. The number of nitrogens with zero attached hydrogens (tertiary/aromatic N) is 2. The number of ether oxygens (including phenoxy) is 2. The maximum Gasteiger partial charge on any atom is 0.331 e. The van der Waals surface area contributed by atoms with E-state index in [0.29, 0.717) is 24.7 Å². The number of rotatable bonds is 8. The van der Waals surface area contributed by atoms with Crippen molar-refractivity contribution in [1.29, 1.82) is 0 Å². The number of fused-ring (bicyclic) bond motifs is 1. The Bertz CT molecular complexity index is 987. The summed E-state index contributed by atoms with van der Waals surface area (Å²) in [7, 11) is 0. The number of para-hydroxylation sites is 4. The first kappa shape index (κ1) is 18.8. The molecule has 3 rings (SSSR count). The molecule has 0 bridgehead atoms. The lowest BCUT2D eigenvalue weighted by Crippen LogP contribution is -2.28. The average molecular weight is 368 g/mol. The largest absolute Gasteiger partial charge is 0.490 e. The fraction of sp³-hybridized carbons (Fsp3) is 0.333. The van der Waals surface area contributed by atoms with Crippen molar-refractivity contribution in [3.8, 4) is 11.5 Å². The van der Waals surface area contributed by atoms with Crippen LogP contribution in [0.25, 0.3) is 11.0 Å². The van der Waals surface area contributed by atoms with E-state index in [1.807, 2.05) is 44.2 Å². The maximum atomic E-state index is 12.8. The first-order valence-corrected chi connectivity index (χ1v) is 9.26. The molecule has 0 aliphatic rings. The van der Waals surface area contributed by atoms with Crippen LogP contribution in [0.15, 0.2) is 53.3 Å². The van der Waals surface area contributed by atoms with Crippen molar-refractivity contribution in [3.63, 3.8) is 0 Å². The van der Waals surface area contributed by atoms with E-state index in [4.69, 9.17) is 9.47 Å². The van der Waals surface area contributed by atoms with E-state index < -0.39 is 5.97 Å². The van der Waals surface area contributed by atoms with Gasteiger partial charge in [0.15, 0.2) is 11.5 Å². The molecule has 0 aliphatic heterocycles. The number of carbonyl (C=O) groups is 1. The van der Waals surface area contributed by atoms with Crippen LogP contribution in [0.3, 0.4) is 0 Å². The van der Waals surface area contributed by atoms with Crippen molar-refractivity contribution < 1.29 is 14.3 Å². The van der Waals surface area contributed by atoms with Crippen molar-refractivity contribution >= 4 is 17.0 Å². The monoisotopic (exact) mass is 368 g/mol. The molecule has 0 aliphatic carbocycles. The summed E-state index contributed by atoms with van der Waals surface area (Å²) in [5.74, 6) is 0.374. The quantitative estimate of drug-likeness (QED) is 0.450. The van der Waals surface area contributed by atoms with Gasteiger partial charge in [0.1, 0.15) is 6.54 Å². The summed E-state index contributed by atoms with van der Waals surface area (Å²) in [6.45, 7) is 5.01.